The van der Waals surface area contributed by atoms with Gasteiger partial charge in [0.2, 0.25) is 0 Å². The molecule has 0 fully saturated rings. The van der Waals surface area contributed by atoms with Crippen LogP contribution in [-0.2, 0) is 6.42 Å². The molecule has 3 nitrogen and oxygen atoms in total. The molecule has 1 aromatic heterocycles. The standard InChI is InChI=1S/C21H19Cl2N3/c1-12-2-4-20(18(23)8-12)25-15-9-13(6-7-24)21-17(11-15)16-10-14(22)3-5-19(16)26-21/h2-5,8-11,25-26H,6-7,24H2,1H3. The van der Waals surface area contributed by atoms with Gasteiger partial charge < -0.3 is 16.0 Å². The van der Waals surface area contributed by atoms with Crippen LogP contribution in [0.25, 0.3) is 21.8 Å². The van der Waals surface area contributed by atoms with E-state index in [1.165, 1.54) is 5.56 Å². The maximum absolute atomic E-state index is 6.39. The molecule has 26 heavy (non-hydrogen) atoms. The molecule has 3 aromatic carbocycles. The van der Waals surface area contributed by atoms with Gasteiger partial charge in [-0.2, -0.15) is 0 Å². The van der Waals surface area contributed by atoms with E-state index in [0.29, 0.717) is 11.6 Å². The first-order chi connectivity index (χ1) is 12.5. The summed E-state index contributed by atoms with van der Waals surface area (Å²) in [5.74, 6) is 0. The predicted molar refractivity (Wildman–Crippen MR) is 113 cm³/mol. The second-order valence-electron chi connectivity index (χ2n) is 6.52. The van der Waals surface area contributed by atoms with Crippen LogP contribution in [0.1, 0.15) is 11.1 Å². The summed E-state index contributed by atoms with van der Waals surface area (Å²) in [7, 11) is 0. The number of rotatable bonds is 4. The third kappa shape index (κ3) is 3.14. The van der Waals surface area contributed by atoms with E-state index in [-0.39, 0.29) is 0 Å². The van der Waals surface area contributed by atoms with Crippen molar-refractivity contribution in [3.8, 4) is 0 Å². The van der Waals surface area contributed by atoms with Crippen LogP contribution in [0, 0.1) is 6.92 Å². The largest absolute Gasteiger partial charge is 0.354 e. The topological polar surface area (TPSA) is 53.8 Å². The van der Waals surface area contributed by atoms with Crippen LogP contribution in [0.15, 0.2) is 48.5 Å². The van der Waals surface area contributed by atoms with Crippen molar-refractivity contribution in [1.82, 2.24) is 4.98 Å². The van der Waals surface area contributed by atoms with Crippen LogP contribution in [0.3, 0.4) is 0 Å². The number of H-pyrrole nitrogens is 1. The molecule has 0 saturated heterocycles. The van der Waals surface area contributed by atoms with Crippen LogP contribution in [0.2, 0.25) is 10.0 Å². The van der Waals surface area contributed by atoms with Gasteiger partial charge in [-0.25, -0.2) is 0 Å². The number of nitrogens with two attached hydrogens (primary N) is 1. The van der Waals surface area contributed by atoms with Gasteiger partial charge in [0, 0.05) is 32.5 Å². The summed E-state index contributed by atoms with van der Waals surface area (Å²) in [4.78, 5) is 3.50. The molecule has 4 rings (SSSR count). The molecular formula is C21H19Cl2N3. The minimum absolute atomic E-state index is 0.583. The van der Waals surface area contributed by atoms with Crippen molar-refractivity contribution in [2.24, 2.45) is 5.73 Å². The summed E-state index contributed by atoms with van der Waals surface area (Å²) in [6, 6.07) is 16.1. The van der Waals surface area contributed by atoms with E-state index in [1.54, 1.807) is 0 Å². The monoisotopic (exact) mass is 383 g/mol. The first-order valence-corrected chi connectivity index (χ1v) is 9.28. The Balaban J connectivity index is 1.89. The molecule has 1 heterocycles. The van der Waals surface area contributed by atoms with Gasteiger partial charge in [0.1, 0.15) is 0 Å². The molecule has 0 radical (unpaired) electrons. The summed E-state index contributed by atoms with van der Waals surface area (Å²) in [5, 5.41) is 7.09. The van der Waals surface area contributed by atoms with E-state index < -0.39 is 0 Å². The highest BCUT2D eigenvalue weighted by Gasteiger charge is 2.11. The molecule has 5 heteroatoms. The Morgan fingerprint density at radius 1 is 1.00 bits per heavy atom. The molecule has 0 spiro atoms. The number of halogens is 2. The smallest absolute Gasteiger partial charge is 0.0643 e. The highest BCUT2D eigenvalue weighted by Crippen LogP contribution is 2.34. The zero-order valence-corrected chi connectivity index (χ0v) is 15.9. The van der Waals surface area contributed by atoms with Crippen molar-refractivity contribution in [3.05, 3.63) is 69.7 Å². The molecule has 0 aliphatic rings. The fourth-order valence-corrected chi connectivity index (χ4v) is 3.80. The minimum atomic E-state index is 0.583. The van der Waals surface area contributed by atoms with Crippen molar-refractivity contribution >= 4 is 56.4 Å². The van der Waals surface area contributed by atoms with E-state index >= 15 is 0 Å². The van der Waals surface area contributed by atoms with Gasteiger partial charge in [-0.3, -0.25) is 0 Å². The normalized spacial score (nSPS) is 11.4. The van der Waals surface area contributed by atoms with E-state index in [9.17, 15) is 0 Å². The fraction of sp³-hybridized carbons (Fsp3) is 0.143. The van der Waals surface area contributed by atoms with Crippen LogP contribution in [-0.4, -0.2) is 11.5 Å². The third-order valence-electron chi connectivity index (χ3n) is 4.57. The second kappa shape index (κ2) is 6.84. The van der Waals surface area contributed by atoms with Crippen LogP contribution in [0.4, 0.5) is 11.4 Å². The summed E-state index contributed by atoms with van der Waals surface area (Å²) in [6.45, 7) is 2.61. The van der Waals surface area contributed by atoms with E-state index in [2.05, 4.69) is 22.4 Å². The molecule has 0 amide bonds. The summed E-state index contributed by atoms with van der Waals surface area (Å²) in [6.07, 6.45) is 0.786. The molecule has 0 atom stereocenters. The van der Waals surface area contributed by atoms with Crippen molar-refractivity contribution in [2.75, 3.05) is 11.9 Å². The first kappa shape index (κ1) is 17.2. The van der Waals surface area contributed by atoms with E-state index in [4.69, 9.17) is 28.9 Å². The lowest BCUT2D eigenvalue weighted by Gasteiger charge is -2.12. The van der Waals surface area contributed by atoms with E-state index in [0.717, 1.165) is 50.2 Å². The van der Waals surface area contributed by atoms with Gasteiger partial charge in [0.15, 0.2) is 0 Å². The average molecular weight is 384 g/mol. The Labute approximate surface area is 162 Å². The molecule has 0 unspecified atom stereocenters. The number of hydrogen-bond acceptors (Lipinski definition) is 2. The Morgan fingerprint density at radius 3 is 2.62 bits per heavy atom. The van der Waals surface area contributed by atoms with Gasteiger partial charge in [-0.05, 0) is 73.5 Å². The van der Waals surface area contributed by atoms with Gasteiger partial charge >= 0.3 is 0 Å². The summed E-state index contributed by atoms with van der Waals surface area (Å²) >= 11 is 12.6. The fourth-order valence-electron chi connectivity index (χ4n) is 3.35. The van der Waals surface area contributed by atoms with Crippen LogP contribution in [0.5, 0.6) is 0 Å². The number of anilines is 2. The highest BCUT2D eigenvalue weighted by molar-refractivity contribution is 6.33. The molecular weight excluding hydrogens is 365 g/mol. The highest BCUT2D eigenvalue weighted by atomic mass is 35.5. The maximum atomic E-state index is 6.39. The number of nitrogens with one attached hydrogen (secondary N) is 2. The minimum Gasteiger partial charge on any atom is -0.354 e. The number of hydrogen-bond donors (Lipinski definition) is 3. The summed E-state index contributed by atoms with van der Waals surface area (Å²) < 4.78 is 0. The maximum Gasteiger partial charge on any atom is 0.0643 e. The lowest BCUT2D eigenvalue weighted by Crippen LogP contribution is -2.04. The second-order valence-corrected chi connectivity index (χ2v) is 7.36. The Morgan fingerprint density at radius 2 is 1.85 bits per heavy atom. The number of benzene rings is 3. The van der Waals surface area contributed by atoms with Crippen LogP contribution >= 0.6 is 23.2 Å². The van der Waals surface area contributed by atoms with Crippen molar-refractivity contribution in [2.45, 2.75) is 13.3 Å². The number of aromatic amines is 1. The average Bonchev–Trinajstić information content (AvgIpc) is 2.96. The van der Waals surface area contributed by atoms with Gasteiger partial charge in [-0.15, -0.1) is 0 Å². The number of aromatic nitrogens is 1. The van der Waals surface area contributed by atoms with Crippen LogP contribution < -0.4 is 11.1 Å². The zero-order chi connectivity index (χ0) is 18.3. The lowest BCUT2D eigenvalue weighted by molar-refractivity contribution is 0.975. The molecule has 0 aliphatic heterocycles. The van der Waals surface area contributed by atoms with Gasteiger partial charge in [0.05, 0.1) is 10.7 Å². The molecule has 0 aliphatic carbocycles. The predicted octanol–water partition coefficient (Wildman–Crippen LogP) is 6.18. The molecule has 0 saturated carbocycles. The molecule has 4 aromatic rings. The van der Waals surface area contributed by atoms with Gasteiger partial charge in [0.25, 0.3) is 0 Å². The Kier molecular flexibility index (Phi) is 4.53. The van der Waals surface area contributed by atoms with Gasteiger partial charge in [-0.1, -0.05) is 29.3 Å². The van der Waals surface area contributed by atoms with Crippen molar-refractivity contribution in [1.29, 1.82) is 0 Å². The molecule has 0 bridgehead atoms. The Hall–Kier alpha value is -2.20. The molecule has 4 N–H and O–H groups in total. The SMILES string of the molecule is Cc1ccc(Nc2cc(CCN)c3[nH]c4ccc(Cl)cc4c3c2)c(Cl)c1. The zero-order valence-electron chi connectivity index (χ0n) is 14.4. The molecule has 132 valence electrons. The van der Waals surface area contributed by atoms with Crippen molar-refractivity contribution < 1.29 is 0 Å². The lowest BCUT2D eigenvalue weighted by atomic mass is 10.0. The third-order valence-corrected chi connectivity index (χ3v) is 5.12. The van der Waals surface area contributed by atoms with E-state index in [1.807, 2.05) is 43.3 Å². The Bertz CT molecular complexity index is 1120. The van der Waals surface area contributed by atoms with Crippen molar-refractivity contribution in [3.63, 3.8) is 0 Å². The summed E-state index contributed by atoms with van der Waals surface area (Å²) in [5.41, 5.74) is 12.2. The quantitative estimate of drug-likeness (QED) is 0.393. The number of fused-ring (bicyclic) bond motifs is 3. The first-order valence-electron chi connectivity index (χ1n) is 8.52. The number of aryl methyl sites for hydroxylation is 1.